The van der Waals surface area contributed by atoms with E-state index in [0.717, 1.165) is 0 Å². The Kier molecular flexibility index (Phi) is 2.53. The minimum Gasteiger partial charge on any atom is -0.476 e. The summed E-state index contributed by atoms with van der Waals surface area (Å²) in [5, 5.41) is 17.6. The summed E-state index contributed by atoms with van der Waals surface area (Å²) in [4.78, 5) is 26.0. The zero-order valence-corrected chi connectivity index (χ0v) is 5.39. The van der Waals surface area contributed by atoms with Gasteiger partial charge in [-0.05, 0) is 0 Å². The SMILES string of the molecule is O=C(O)/C(=N/O)P(=O)(O)O. The molecular formula is C2H4NO6P. The molecule has 4 N–H and O–H groups in total. The van der Waals surface area contributed by atoms with Crippen LogP contribution in [0.4, 0.5) is 0 Å². The topological polar surface area (TPSA) is 127 Å². The first-order valence-electron chi connectivity index (χ1n) is 1.91. The first-order valence-corrected chi connectivity index (χ1v) is 3.52. The predicted molar refractivity (Wildman–Crippen MR) is 28.9 cm³/mol. The summed E-state index contributed by atoms with van der Waals surface area (Å²) in [6.07, 6.45) is 0. The molecule has 0 aromatic heterocycles. The van der Waals surface area contributed by atoms with Gasteiger partial charge in [-0.1, -0.05) is 5.16 Å². The van der Waals surface area contributed by atoms with Crippen LogP contribution in [-0.4, -0.2) is 31.5 Å². The molecule has 0 heterocycles. The summed E-state index contributed by atoms with van der Waals surface area (Å²) >= 11 is 0. The Hall–Kier alpha value is -0.910. The van der Waals surface area contributed by atoms with Crippen molar-refractivity contribution in [1.29, 1.82) is 0 Å². The van der Waals surface area contributed by atoms with E-state index in [1.165, 1.54) is 0 Å². The quantitative estimate of drug-likeness (QED) is 0.182. The van der Waals surface area contributed by atoms with Gasteiger partial charge in [0.05, 0.1) is 0 Å². The second kappa shape index (κ2) is 2.78. The number of oxime groups is 1. The lowest BCUT2D eigenvalue weighted by atomic mass is 10.8. The summed E-state index contributed by atoms with van der Waals surface area (Å²) in [6, 6.07) is 0. The van der Waals surface area contributed by atoms with Crippen molar-refractivity contribution in [2.75, 3.05) is 0 Å². The molecule has 7 nitrogen and oxygen atoms in total. The van der Waals surface area contributed by atoms with Gasteiger partial charge in [0.1, 0.15) is 0 Å². The van der Waals surface area contributed by atoms with Crippen molar-refractivity contribution in [3.8, 4) is 0 Å². The van der Waals surface area contributed by atoms with E-state index in [0.29, 0.717) is 0 Å². The van der Waals surface area contributed by atoms with Gasteiger partial charge in [-0.2, -0.15) is 0 Å². The standard InChI is InChI=1S/C2H4NO6P/c4-2(5)1(3-6)10(7,8)9/h6H,(H,4,5)(H2,7,8,9)/b3-1-. The number of nitrogens with zero attached hydrogens (tertiary/aromatic N) is 1. The molecule has 0 radical (unpaired) electrons. The van der Waals surface area contributed by atoms with Gasteiger partial charge in [0, 0.05) is 0 Å². The molecule has 0 aliphatic rings. The van der Waals surface area contributed by atoms with Gasteiger partial charge in [0.2, 0.25) is 0 Å². The highest BCUT2D eigenvalue weighted by Gasteiger charge is 2.30. The van der Waals surface area contributed by atoms with Gasteiger partial charge < -0.3 is 20.1 Å². The van der Waals surface area contributed by atoms with E-state index >= 15 is 0 Å². The Morgan fingerprint density at radius 3 is 1.80 bits per heavy atom. The maximum absolute atomic E-state index is 10.0. The van der Waals surface area contributed by atoms with Crippen LogP contribution in [0.15, 0.2) is 5.16 Å². The molecular weight excluding hydrogens is 165 g/mol. The molecule has 0 saturated carbocycles. The predicted octanol–water partition coefficient (Wildman–Crippen LogP) is -0.964. The average molecular weight is 169 g/mol. The van der Waals surface area contributed by atoms with Crippen molar-refractivity contribution in [2.24, 2.45) is 5.16 Å². The Balaban J connectivity index is 4.75. The van der Waals surface area contributed by atoms with Gasteiger partial charge in [-0.3, -0.25) is 4.57 Å². The van der Waals surface area contributed by atoms with Crippen LogP contribution in [0, 0.1) is 0 Å². The normalized spacial score (nSPS) is 13.2. The molecule has 0 fully saturated rings. The third-order valence-corrected chi connectivity index (χ3v) is 1.39. The molecule has 58 valence electrons. The maximum Gasteiger partial charge on any atom is 0.385 e. The van der Waals surface area contributed by atoms with Gasteiger partial charge in [0.15, 0.2) is 0 Å². The average Bonchev–Trinajstić information content (AvgIpc) is 1.60. The fourth-order valence-electron chi connectivity index (χ4n) is 0.226. The Morgan fingerprint density at radius 2 is 1.80 bits per heavy atom. The zero-order chi connectivity index (χ0) is 8.36. The second-order valence-electron chi connectivity index (χ2n) is 1.27. The van der Waals surface area contributed by atoms with Gasteiger partial charge in [-0.25, -0.2) is 4.79 Å². The van der Waals surface area contributed by atoms with Crippen LogP contribution in [0.5, 0.6) is 0 Å². The lowest BCUT2D eigenvalue weighted by Crippen LogP contribution is -2.12. The number of aliphatic carboxylic acids is 1. The first kappa shape index (κ1) is 9.09. The monoisotopic (exact) mass is 169 g/mol. The van der Waals surface area contributed by atoms with Crippen molar-refractivity contribution in [1.82, 2.24) is 0 Å². The number of hydrogen-bond donors (Lipinski definition) is 4. The fourth-order valence-corrected chi connectivity index (χ4v) is 0.591. The largest absolute Gasteiger partial charge is 0.476 e. The lowest BCUT2D eigenvalue weighted by molar-refractivity contribution is -0.129. The Bertz CT molecular complexity index is 214. The summed E-state index contributed by atoms with van der Waals surface area (Å²) in [5.74, 6) is -1.95. The van der Waals surface area contributed by atoms with Crippen LogP contribution < -0.4 is 0 Å². The molecule has 0 saturated heterocycles. The molecule has 10 heavy (non-hydrogen) atoms. The Morgan fingerprint density at radius 1 is 1.40 bits per heavy atom. The smallest absolute Gasteiger partial charge is 0.385 e. The third-order valence-electron chi connectivity index (χ3n) is 0.562. The number of hydrogen-bond acceptors (Lipinski definition) is 4. The summed E-state index contributed by atoms with van der Waals surface area (Å²) in [7, 11) is -4.93. The molecule has 0 atom stereocenters. The highest BCUT2D eigenvalue weighted by Crippen LogP contribution is 2.36. The van der Waals surface area contributed by atoms with Crippen LogP contribution in [0.2, 0.25) is 0 Å². The molecule has 0 amide bonds. The van der Waals surface area contributed by atoms with E-state index in [-0.39, 0.29) is 0 Å². The van der Waals surface area contributed by atoms with E-state index in [9.17, 15) is 9.36 Å². The van der Waals surface area contributed by atoms with E-state index < -0.39 is 19.0 Å². The minimum absolute atomic E-state index is 1.56. The van der Waals surface area contributed by atoms with Crippen molar-refractivity contribution in [3.05, 3.63) is 0 Å². The molecule has 8 heteroatoms. The second-order valence-corrected chi connectivity index (χ2v) is 2.78. The molecule has 0 spiro atoms. The number of rotatable bonds is 2. The summed E-state index contributed by atoms with van der Waals surface area (Å²) in [6.45, 7) is 0. The highest BCUT2D eigenvalue weighted by atomic mass is 31.2. The molecule has 0 aliphatic carbocycles. The van der Waals surface area contributed by atoms with E-state index in [1.54, 1.807) is 0 Å². The molecule has 0 bridgehead atoms. The van der Waals surface area contributed by atoms with Crippen LogP contribution in [0.1, 0.15) is 0 Å². The minimum atomic E-state index is -4.93. The molecule has 0 rings (SSSR count). The summed E-state index contributed by atoms with van der Waals surface area (Å²) in [5.41, 5.74) is -1.56. The third kappa shape index (κ3) is 2.14. The van der Waals surface area contributed by atoms with Crippen LogP contribution >= 0.6 is 7.60 Å². The number of carbonyl (C=O) groups is 1. The first-order chi connectivity index (χ1) is 4.39. The maximum atomic E-state index is 10.0. The van der Waals surface area contributed by atoms with Crippen molar-refractivity contribution < 1.29 is 29.5 Å². The van der Waals surface area contributed by atoms with Crippen LogP contribution in [0.25, 0.3) is 0 Å². The fraction of sp³-hybridized carbons (Fsp3) is 0. The Labute approximate surface area is 54.8 Å². The van der Waals surface area contributed by atoms with Crippen molar-refractivity contribution >= 4 is 19.0 Å². The van der Waals surface area contributed by atoms with Gasteiger partial charge >= 0.3 is 13.6 Å². The highest BCUT2D eigenvalue weighted by molar-refractivity contribution is 7.73. The van der Waals surface area contributed by atoms with Crippen LogP contribution in [0.3, 0.4) is 0 Å². The van der Waals surface area contributed by atoms with Crippen molar-refractivity contribution in [2.45, 2.75) is 0 Å². The zero-order valence-electron chi connectivity index (χ0n) is 4.50. The number of carboxylic acids is 1. The lowest BCUT2D eigenvalue weighted by Gasteiger charge is -1.98. The summed E-state index contributed by atoms with van der Waals surface area (Å²) < 4.78 is 10.0. The van der Waals surface area contributed by atoms with E-state index in [4.69, 9.17) is 20.1 Å². The van der Waals surface area contributed by atoms with Crippen molar-refractivity contribution in [3.63, 3.8) is 0 Å². The molecule has 0 aromatic rings. The molecule has 0 aliphatic heterocycles. The van der Waals surface area contributed by atoms with E-state index in [1.807, 2.05) is 5.16 Å². The number of carboxylic acid groups (broad SMARTS) is 1. The van der Waals surface area contributed by atoms with Gasteiger partial charge in [-0.15, -0.1) is 0 Å². The van der Waals surface area contributed by atoms with Gasteiger partial charge in [0.25, 0.3) is 5.45 Å². The van der Waals surface area contributed by atoms with E-state index in [2.05, 4.69) is 0 Å². The molecule has 0 aromatic carbocycles. The van der Waals surface area contributed by atoms with Crippen LogP contribution in [-0.2, 0) is 9.36 Å². The molecule has 0 unspecified atom stereocenters.